The van der Waals surface area contributed by atoms with E-state index in [4.69, 9.17) is 14.7 Å². The Morgan fingerprint density at radius 1 is 1.06 bits per heavy atom. The van der Waals surface area contributed by atoms with Gasteiger partial charge in [0.2, 0.25) is 5.91 Å². The molecule has 0 aliphatic carbocycles. The van der Waals surface area contributed by atoms with E-state index < -0.39 is 0 Å². The Kier molecular flexibility index (Phi) is 6.43. The first-order valence-electron chi connectivity index (χ1n) is 10.6. The Bertz CT molecular complexity index is 1090. The molecule has 0 bridgehead atoms. The lowest BCUT2D eigenvalue weighted by atomic mass is 10.1. The number of ether oxygens (including phenoxy) is 1. The second-order valence-corrected chi connectivity index (χ2v) is 9.05. The first-order valence-corrected chi connectivity index (χ1v) is 11.6. The van der Waals surface area contributed by atoms with Gasteiger partial charge in [0.15, 0.2) is 5.82 Å². The molecule has 3 aromatic rings. The molecule has 1 aromatic heterocycles. The number of para-hydroxylation sites is 2. The number of carbonyl (C=O) groups is 1. The number of hydrogen-bond donors (Lipinski definition) is 1. The molecule has 2 heterocycles. The van der Waals surface area contributed by atoms with Crippen molar-refractivity contribution in [2.75, 3.05) is 29.1 Å². The van der Waals surface area contributed by atoms with Crippen LogP contribution in [-0.2, 0) is 9.53 Å². The van der Waals surface area contributed by atoms with Gasteiger partial charge < -0.3 is 15.0 Å². The smallest absolute Gasteiger partial charge is 0.234 e. The maximum atomic E-state index is 12.7. The van der Waals surface area contributed by atoms with Gasteiger partial charge in [0.1, 0.15) is 5.03 Å². The van der Waals surface area contributed by atoms with Gasteiger partial charge in [0.05, 0.1) is 29.0 Å². The van der Waals surface area contributed by atoms with Gasteiger partial charge in [0.25, 0.3) is 0 Å². The summed E-state index contributed by atoms with van der Waals surface area (Å²) < 4.78 is 5.89. The molecule has 1 amide bonds. The zero-order chi connectivity index (χ0) is 22.0. The average Bonchev–Trinajstić information content (AvgIpc) is 2.74. The number of fused-ring (bicyclic) bond motifs is 1. The minimum Gasteiger partial charge on any atom is -0.372 e. The van der Waals surface area contributed by atoms with Gasteiger partial charge in [-0.05, 0) is 57.0 Å². The number of thioether (sulfide) groups is 1. The van der Waals surface area contributed by atoms with Crippen LogP contribution in [0, 0.1) is 13.8 Å². The largest absolute Gasteiger partial charge is 0.372 e. The minimum absolute atomic E-state index is 0.0525. The van der Waals surface area contributed by atoms with Gasteiger partial charge in [-0.25, -0.2) is 9.97 Å². The molecule has 1 aliphatic heterocycles. The summed E-state index contributed by atoms with van der Waals surface area (Å²) in [5, 5.41) is 3.80. The molecule has 4 rings (SSSR count). The summed E-state index contributed by atoms with van der Waals surface area (Å²) in [5.74, 6) is 1.04. The van der Waals surface area contributed by atoms with Crippen LogP contribution >= 0.6 is 11.8 Å². The summed E-state index contributed by atoms with van der Waals surface area (Å²) in [6.07, 6.45) is 0.227. The quantitative estimate of drug-likeness (QED) is 0.590. The lowest BCUT2D eigenvalue weighted by molar-refractivity contribution is -0.113. The standard InChI is InChI=1S/C24H28N4O2S/c1-15-8-7-11-19(18(15)4)25-22(29)14-31-24-23(28-12-16(2)30-17(3)13-28)26-20-9-5-6-10-21(20)27-24/h5-11,16-17H,12-14H2,1-4H3,(H,25,29)/t16-,17+. The highest BCUT2D eigenvalue weighted by atomic mass is 32.2. The van der Waals surface area contributed by atoms with Crippen LogP contribution in [0.25, 0.3) is 11.0 Å². The maximum absolute atomic E-state index is 12.7. The van der Waals surface area contributed by atoms with E-state index in [1.807, 2.05) is 56.3 Å². The number of amides is 1. The second kappa shape index (κ2) is 9.24. The van der Waals surface area contributed by atoms with E-state index >= 15 is 0 Å². The van der Waals surface area contributed by atoms with Crippen LogP contribution in [-0.4, -0.2) is 46.9 Å². The average molecular weight is 437 g/mol. The molecule has 1 saturated heterocycles. The van der Waals surface area contributed by atoms with Crippen LogP contribution < -0.4 is 10.2 Å². The third-order valence-electron chi connectivity index (χ3n) is 5.46. The molecule has 1 aliphatic rings. The van der Waals surface area contributed by atoms with Crippen molar-refractivity contribution in [3.8, 4) is 0 Å². The summed E-state index contributed by atoms with van der Waals surface area (Å²) >= 11 is 1.43. The molecule has 7 heteroatoms. The second-order valence-electron chi connectivity index (χ2n) is 8.09. The van der Waals surface area contributed by atoms with Gasteiger partial charge in [-0.2, -0.15) is 0 Å². The number of nitrogens with zero attached hydrogens (tertiary/aromatic N) is 3. The number of benzene rings is 2. The fourth-order valence-corrected chi connectivity index (χ4v) is 4.64. The SMILES string of the molecule is Cc1cccc(NC(=O)CSc2nc3ccccc3nc2N2C[C@@H](C)O[C@@H](C)C2)c1C. The topological polar surface area (TPSA) is 67.4 Å². The predicted octanol–water partition coefficient (Wildman–Crippen LogP) is 4.59. The molecule has 1 fully saturated rings. The molecular formula is C24H28N4O2S. The van der Waals surface area contributed by atoms with Crippen molar-refractivity contribution in [3.63, 3.8) is 0 Å². The molecule has 2 atom stereocenters. The molecule has 162 valence electrons. The van der Waals surface area contributed by atoms with Crippen LogP contribution in [0.3, 0.4) is 0 Å². The summed E-state index contributed by atoms with van der Waals surface area (Å²) in [6, 6.07) is 13.8. The predicted molar refractivity (Wildman–Crippen MR) is 127 cm³/mol. The van der Waals surface area contributed by atoms with Crippen molar-refractivity contribution >= 4 is 40.2 Å². The van der Waals surface area contributed by atoms with Gasteiger partial charge in [-0.15, -0.1) is 0 Å². The van der Waals surface area contributed by atoms with E-state index in [9.17, 15) is 4.79 Å². The van der Waals surface area contributed by atoms with E-state index in [-0.39, 0.29) is 23.9 Å². The summed E-state index contributed by atoms with van der Waals surface area (Å²) in [4.78, 5) is 24.7. The molecule has 2 aromatic carbocycles. The highest BCUT2D eigenvalue weighted by Crippen LogP contribution is 2.31. The molecule has 6 nitrogen and oxygen atoms in total. The summed E-state index contributed by atoms with van der Waals surface area (Å²) in [6.45, 7) is 9.70. The van der Waals surface area contributed by atoms with E-state index in [1.54, 1.807) is 0 Å². The van der Waals surface area contributed by atoms with Crippen molar-refractivity contribution in [3.05, 3.63) is 53.6 Å². The van der Waals surface area contributed by atoms with Crippen LogP contribution in [0.1, 0.15) is 25.0 Å². The lowest BCUT2D eigenvalue weighted by Crippen LogP contribution is -2.46. The van der Waals surface area contributed by atoms with Gasteiger partial charge >= 0.3 is 0 Å². The number of morpholine rings is 1. The highest BCUT2D eigenvalue weighted by Gasteiger charge is 2.26. The van der Waals surface area contributed by atoms with Crippen molar-refractivity contribution < 1.29 is 9.53 Å². The van der Waals surface area contributed by atoms with Crippen LogP contribution in [0.4, 0.5) is 11.5 Å². The molecule has 0 radical (unpaired) electrons. The molecular weight excluding hydrogens is 408 g/mol. The van der Waals surface area contributed by atoms with Gasteiger partial charge in [-0.1, -0.05) is 36.0 Å². The number of carbonyl (C=O) groups excluding carboxylic acids is 1. The summed E-state index contributed by atoms with van der Waals surface area (Å²) in [7, 11) is 0. The van der Waals surface area contributed by atoms with Crippen LogP contribution in [0.2, 0.25) is 0 Å². The number of anilines is 2. The normalized spacial score (nSPS) is 18.9. The van der Waals surface area contributed by atoms with E-state index in [2.05, 4.69) is 24.1 Å². The van der Waals surface area contributed by atoms with E-state index in [0.717, 1.165) is 51.8 Å². The van der Waals surface area contributed by atoms with Crippen molar-refractivity contribution in [2.45, 2.75) is 44.9 Å². The Morgan fingerprint density at radius 2 is 1.74 bits per heavy atom. The van der Waals surface area contributed by atoms with Crippen molar-refractivity contribution in [1.82, 2.24) is 9.97 Å². The molecule has 0 saturated carbocycles. The molecule has 0 spiro atoms. The van der Waals surface area contributed by atoms with Crippen LogP contribution in [0.5, 0.6) is 0 Å². The molecule has 1 N–H and O–H groups in total. The van der Waals surface area contributed by atoms with Gasteiger partial charge in [-0.3, -0.25) is 4.79 Å². The zero-order valence-electron chi connectivity index (χ0n) is 18.4. The number of nitrogens with one attached hydrogen (secondary N) is 1. The Morgan fingerprint density at radius 3 is 2.45 bits per heavy atom. The van der Waals surface area contributed by atoms with Gasteiger partial charge in [0, 0.05) is 18.8 Å². The Balaban J connectivity index is 1.57. The van der Waals surface area contributed by atoms with E-state index in [1.165, 1.54) is 11.8 Å². The minimum atomic E-state index is -0.0525. The number of rotatable bonds is 5. The Labute approximate surface area is 187 Å². The van der Waals surface area contributed by atoms with E-state index in [0.29, 0.717) is 0 Å². The monoisotopic (exact) mass is 436 g/mol. The third kappa shape index (κ3) is 4.99. The number of aromatic nitrogens is 2. The lowest BCUT2D eigenvalue weighted by Gasteiger charge is -2.36. The van der Waals surface area contributed by atoms with Crippen molar-refractivity contribution in [2.24, 2.45) is 0 Å². The third-order valence-corrected chi connectivity index (χ3v) is 6.41. The fraction of sp³-hybridized carbons (Fsp3) is 0.375. The first-order chi connectivity index (χ1) is 14.9. The first kappa shape index (κ1) is 21.6. The summed E-state index contributed by atoms with van der Waals surface area (Å²) in [5.41, 5.74) is 4.78. The number of aryl methyl sites for hydroxylation is 1. The fourth-order valence-electron chi connectivity index (χ4n) is 3.83. The highest BCUT2D eigenvalue weighted by molar-refractivity contribution is 8.00. The zero-order valence-corrected chi connectivity index (χ0v) is 19.2. The van der Waals surface area contributed by atoms with Crippen LogP contribution in [0.15, 0.2) is 47.5 Å². The number of hydrogen-bond acceptors (Lipinski definition) is 6. The van der Waals surface area contributed by atoms with Crippen molar-refractivity contribution in [1.29, 1.82) is 0 Å². The Hall–Kier alpha value is -2.64. The maximum Gasteiger partial charge on any atom is 0.234 e. The molecule has 0 unspecified atom stereocenters. The molecule has 31 heavy (non-hydrogen) atoms.